The molecule has 0 aliphatic carbocycles. The van der Waals surface area contributed by atoms with Crippen LogP contribution in [-0.4, -0.2) is 23.8 Å². The van der Waals surface area contributed by atoms with Gasteiger partial charge in [0.25, 0.3) is 0 Å². The Balaban J connectivity index is 2.36. The third-order valence-corrected chi connectivity index (χ3v) is 3.13. The molecule has 1 aromatic carbocycles. The van der Waals surface area contributed by atoms with Gasteiger partial charge >= 0.3 is 6.18 Å². The maximum Gasteiger partial charge on any atom is 0.389 e. The van der Waals surface area contributed by atoms with Crippen LogP contribution in [0.5, 0.6) is 0 Å². The van der Waals surface area contributed by atoms with E-state index in [1.807, 2.05) is 13.0 Å². The number of nitrogens with zero attached hydrogens (tertiary/aromatic N) is 1. The van der Waals surface area contributed by atoms with E-state index in [-0.39, 0.29) is 12.3 Å². The summed E-state index contributed by atoms with van der Waals surface area (Å²) >= 11 is 0. The van der Waals surface area contributed by atoms with Gasteiger partial charge in [-0.25, -0.2) is 0 Å². The summed E-state index contributed by atoms with van der Waals surface area (Å²) in [7, 11) is 0. The van der Waals surface area contributed by atoms with Gasteiger partial charge in [0.05, 0.1) is 0 Å². The molecule has 0 heterocycles. The first-order valence-corrected chi connectivity index (χ1v) is 6.68. The van der Waals surface area contributed by atoms with Crippen LogP contribution in [0.15, 0.2) is 23.4 Å². The minimum absolute atomic E-state index is 0.0461. The van der Waals surface area contributed by atoms with Crippen molar-refractivity contribution >= 4 is 5.84 Å². The predicted octanol–water partition coefficient (Wildman–Crippen LogP) is 2.91. The summed E-state index contributed by atoms with van der Waals surface area (Å²) in [6.07, 6.45) is -4.18. The smallest absolute Gasteiger partial charge is 0.389 e. The second-order valence-electron chi connectivity index (χ2n) is 4.88. The van der Waals surface area contributed by atoms with E-state index >= 15 is 0 Å². The number of unbranched alkanes of at least 4 members (excludes halogenated alkanes) is 1. The zero-order chi connectivity index (χ0) is 15.9. The summed E-state index contributed by atoms with van der Waals surface area (Å²) in [6.45, 7) is 3.01. The zero-order valence-electron chi connectivity index (χ0n) is 11.9. The van der Waals surface area contributed by atoms with Gasteiger partial charge in [0.2, 0.25) is 0 Å². The Hall–Kier alpha value is -1.76. The number of oxime groups is 1. The Kier molecular flexibility index (Phi) is 6.48. The van der Waals surface area contributed by atoms with E-state index in [9.17, 15) is 13.2 Å². The average Bonchev–Trinajstić information content (AvgIpc) is 2.42. The molecule has 0 atom stereocenters. The molecule has 0 aliphatic heterocycles. The van der Waals surface area contributed by atoms with Crippen molar-refractivity contribution < 1.29 is 18.4 Å². The van der Waals surface area contributed by atoms with E-state index < -0.39 is 12.6 Å². The Morgan fingerprint density at radius 3 is 2.62 bits per heavy atom. The fourth-order valence-electron chi connectivity index (χ4n) is 1.91. The maximum absolute atomic E-state index is 12.0. The highest BCUT2D eigenvalue weighted by Gasteiger charge is 2.25. The fraction of sp³-hybridized carbons (Fsp3) is 0.500. The molecule has 4 N–H and O–H groups in total. The molecule has 0 aromatic heterocycles. The van der Waals surface area contributed by atoms with Crippen LogP contribution in [0.4, 0.5) is 13.2 Å². The lowest BCUT2D eigenvalue weighted by Gasteiger charge is -2.10. The molecule has 7 heteroatoms. The van der Waals surface area contributed by atoms with E-state index in [0.717, 1.165) is 11.1 Å². The van der Waals surface area contributed by atoms with Gasteiger partial charge in [0.15, 0.2) is 5.84 Å². The normalized spacial score (nSPS) is 12.7. The molecule has 0 aliphatic rings. The summed E-state index contributed by atoms with van der Waals surface area (Å²) in [5.74, 6) is 0.0461. The number of amidine groups is 1. The van der Waals surface area contributed by atoms with Gasteiger partial charge in [-0.05, 0) is 43.5 Å². The minimum Gasteiger partial charge on any atom is -0.409 e. The third kappa shape index (κ3) is 6.48. The van der Waals surface area contributed by atoms with Gasteiger partial charge < -0.3 is 16.3 Å². The average molecular weight is 303 g/mol. The molecule has 0 radical (unpaired) electrons. The first kappa shape index (κ1) is 17.3. The van der Waals surface area contributed by atoms with Crippen molar-refractivity contribution in [3.63, 3.8) is 0 Å². The minimum atomic E-state index is -4.07. The molecule has 21 heavy (non-hydrogen) atoms. The Morgan fingerprint density at radius 1 is 1.33 bits per heavy atom. The highest BCUT2D eigenvalue weighted by molar-refractivity contribution is 5.97. The molecule has 0 unspecified atom stereocenters. The van der Waals surface area contributed by atoms with E-state index in [2.05, 4.69) is 10.5 Å². The van der Waals surface area contributed by atoms with Crippen molar-refractivity contribution in [3.8, 4) is 0 Å². The third-order valence-electron chi connectivity index (χ3n) is 3.13. The van der Waals surface area contributed by atoms with Crippen LogP contribution in [0.3, 0.4) is 0 Å². The number of hydrogen-bond acceptors (Lipinski definition) is 3. The van der Waals surface area contributed by atoms with Gasteiger partial charge in [-0.1, -0.05) is 17.3 Å². The number of nitrogens with two attached hydrogens (primary N) is 1. The van der Waals surface area contributed by atoms with Gasteiger partial charge in [-0.2, -0.15) is 13.2 Å². The molecule has 4 nitrogen and oxygen atoms in total. The van der Waals surface area contributed by atoms with Crippen molar-refractivity contribution in [2.24, 2.45) is 10.9 Å². The maximum atomic E-state index is 12.0. The van der Waals surface area contributed by atoms with Crippen molar-refractivity contribution in [3.05, 3.63) is 34.9 Å². The lowest BCUT2D eigenvalue weighted by atomic mass is 10.0. The SMILES string of the molecule is Cc1cc(/C(N)=N/O)ccc1CNCCCCC(F)(F)F. The van der Waals surface area contributed by atoms with Crippen LogP contribution in [-0.2, 0) is 6.54 Å². The van der Waals surface area contributed by atoms with Crippen LogP contribution in [0.1, 0.15) is 36.0 Å². The molecule has 118 valence electrons. The highest BCUT2D eigenvalue weighted by Crippen LogP contribution is 2.21. The van der Waals surface area contributed by atoms with Crippen molar-refractivity contribution in [2.75, 3.05) is 6.54 Å². The molecule has 1 aromatic rings. The number of aryl methyl sites for hydroxylation is 1. The fourth-order valence-corrected chi connectivity index (χ4v) is 1.91. The zero-order valence-corrected chi connectivity index (χ0v) is 11.9. The molecular weight excluding hydrogens is 283 g/mol. The number of alkyl halides is 3. The Labute approximate surface area is 121 Å². The van der Waals surface area contributed by atoms with Gasteiger partial charge in [-0.3, -0.25) is 0 Å². The number of benzene rings is 1. The second kappa shape index (κ2) is 7.87. The largest absolute Gasteiger partial charge is 0.409 e. The molecule has 0 fully saturated rings. The highest BCUT2D eigenvalue weighted by atomic mass is 19.4. The first-order valence-electron chi connectivity index (χ1n) is 6.68. The number of rotatable bonds is 7. The molecule has 0 amide bonds. The van der Waals surface area contributed by atoms with Crippen molar-refractivity contribution in [1.82, 2.24) is 5.32 Å². The monoisotopic (exact) mass is 303 g/mol. The topological polar surface area (TPSA) is 70.6 Å². The number of halogens is 3. The summed E-state index contributed by atoms with van der Waals surface area (Å²) in [5, 5.41) is 14.6. The molecule has 1 rings (SSSR count). The van der Waals surface area contributed by atoms with Crippen LogP contribution < -0.4 is 11.1 Å². The summed E-state index contributed by atoms with van der Waals surface area (Å²) in [5.41, 5.74) is 8.13. The Morgan fingerprint density at radius 2 is 2.05 bits per heavy atom. The second-order valence-corrected chi connectivity index (χ2v) is 4.88. The van der Waals surface area contributed by atoms with Gasteiger partial charge in [0.1, 0.15) is 0 Å². The predicted molar refractivity (Wildman–Crippen MR) is 75.3 cm³/mol. The van der Waals surface area contributed by atoms with E-state index in [1.165, 1.54) is 0 Å². The van der Waals surface area contributed by atoms with Gasteiger partial charge in [-0.15, -0.1) is 0 Å². The summed E-state index contributed by atoms with van der Waals surface area (Å²) < 4.78 is 35.9. The van der Waals surface area contributed by atoms with Crippen molar-refractivity contribution in [1.29, 1.82) is 0 Å². The van der Waals surface area contributed by atoms with Gasteiger partial charge in [0, 0.05) is 18.5 Å². The number of hydrogen-bond donors (Lipinski definition) is 3. The number of nitrogens with one attached hydrogen (secondary N) is 1. The molecule has 0 bridgehead atoms. The molecule has 0 saturated carbocycles. The molecule has 0 saturated heterocycles. The summed E-state index contributed by atoms with van der Waals surface area (Å²) in [4.78, 5) is 0. The molecular formula is C14H20F3N3O. The quantitative estimate of drug-likeness (QED) is 0.238. The van der Waals surface area contributed by atoms with Crippen LogP contribution in [0.25, 0.3) is 0 Å². The molecule has 0 spiro atoms. The summed E-state index contributed by atoms with van der Waals surface area (Å²) in [6, 6.07) is 5.39. The van der Waals surface area contributed by atoms with Crippen LogP contribution in [0, 0.1) is 6.92 Å². The first-order chi connectivity index (χ1) is 9.83. The lowest BCUT2D eigenvalue weighted by molar-refractivity contribution is -0.135. The van der Waals surface area contributed by atoms with E-state index in [1.54, 1.807) is 12.1 Å². The van der Waals surface area contributed by atoms with Crippen molar-refractivity contribution in [2.45, 2.75) is 38.9 Å². The van der Waals surface area contributed by atoms with E-state index in [4.69, 9.17) is 10.9 Å². The van der Waals surface area contributed by atoms with Crippen LogP contribution in [0.2, 0.25) is 0 Å². The van der Waals surface area contributed by atoms with Crippen LogP contribution >= 0.6 is 0 Å². The van der Waals surface area contributed by atoms with E-state index in [0.29, 0.717) is 25.1 Å². The Bertz CT molecular complexity index is 487. The standard InChI is InChI=1S/C14H20F3N3O/c1-10-8-11(13(18)20-21)4-5-12(10)9-19-7-3-2-6-14(15,16)17/h4-5,8,19,21H,2-3,6-7,9H2,1H3,(H2,18,20). The lowest BCUT2D eigenvalue weighted by Crippen LogP contribution is -2.17.